The Hall–Kier alpha value is -2.64. The first-order valence-corrected chi connectivity index (χ1v) is 4.99. The first kappa shape index (κ1) is 12.8. The molecular weight excluding hydrogens is 262 g/mol. The van der Waals surface area contributed by atoms with E-state index in [2.05, 4.69) is 10.2 Å². The number of hydrogen-bond donors (Lipinski definition) is 3. The highest BCUT2D eigenvalue weighted by molar-refractivity contribution is 5.88. The van der Waals surface area contributed by atoms with E-state index in [4.69, 9.17) is 9.84 Å². The van der Waals surface area contributed by atoms with Gasteiger partial charge in [0.1, 0.15) is 11.4 Å². The van der Waals surface area contributed by atoms with E-state index < -0.39 is 29.1 Å². The molecule has 1 aromatic carbocycles. The summed E-state index contributed by atoms with van der Waals surface area (Å²) in [5, 5.41) is 24.1. The van der Waals surface area contributed by atoms with Crippen molar-refractivity contribution in [2.24, 2.45) is 0 Å². The first-order valence-electron chi connectivity index (χ1n) is 4.99. The van der Waals surface area contributed by atoms with Crippen LogP contribution >= 0.6 is 0 Å². The summed E-state index contributed by atoms with van der Waals surface area (Å²) in [6.07, 6.45) is 0. The molecule has 0 radical (unpaired) electrons. The number of aromatic hydroxyl groups is 1. The number of nitrogens with one attached hydrogen (secondary N) is 1. The fourth-order valence-corrected chi connectivity index (χ4v) is 1.59. The fraction of sp³-hybridized carbons (Fsp3) is 0.0909. The van der Waals surface area contributed by atoms with E-state index in [9.17, 15) is 18.7 Å². The van der Waals surface area contributed by atoms with Crippen LogP contribution in [0.4, 0.5) is 8.78 Å². The highest BCUT2D eigenvalue weighted by atomic mass is 19.1. The molecule has 3 N–H and O–H groups in total. The van der Waals surface area contributed by atoms with Gasteiger partial charge in [-0.1, -0.05) is 0 Å². The fourth-order valence-electron chi connectivity index (χ4n) is 1.59. The van der Waals surface area contributed by atoms with E-state index in [1.54, 1.807) is 0 Å². The SMILES string of the molecule is COc1c(F)cc(F)c(O)c1-c1cc(C(=O)O)[nH]n1. The van der Waals surface area contributed by atoms with E-state index in [-0.39, 0.29) is 17.0 Å². The molecule has 0 aliphatic carbocycles. The van der Waals surface area contributed by atoms with Gasteiger partial charge in [0.2, 0.25) is 0 Å². The number of carbonyl (C=O) groups is 1. The van der Waals surface area contributed by atoms with E-state index in [1.807, 2.05) is 0 Å². The van der Waals surface area contributed by atoms with Crippen molar-refractivity contribution >= 4 is 5.97 Å². The average Bonchev–Trinajstić information content (AvgIpc) is 2.82. The first-order chi connectivity index (χ1) is 8.95. The number of hydrogen-bond acceptors (Lipinski definition) is 4. The van der Waals surface area contributed by atoms with Crippen LogP contribution in [0.15, 0.2) is 12.1 Å². The molecule has 1 aromatic heterocycles. The zero-order valence-electron chi connectivity index (χ0n) is 9.57. The van der Waals surface area contributed by atoms with Crippen LogP contribution in [-0.4, -0.2) is 33.5 Å². The molecule has 6 nitrogen and oxygen atoms in total. The molecule has 0 saturated carbocycles. The Kier molecular flexibility index (Phi) is 3.07. The number of ether oxygens (including phenoxy) is 1. The minimum absolute atomic E-state index is 0.148. The van der Waals surface area contributed by atoms with Crippen LogP contribution in [-0.2, 0) is 0 Å². The van der Waals surface area contributed by atoms with Crippen LogP contribution in [0.2, 0.25) is 0 Å². The highest BCUT2D eigenvalue weighted by Crippen LogP contribution is 2.40. The van der Waals surface area contributed by atoms with Crippen molar-refractivity contribution in [2.45, 2.75) is 0 Å². The summed E-state index contributed by atoms with van der Waals surface area (Å²) < 4.78 is 31.6. The number of carboxylic acids is 1. The Balaban J connectivity index is 2.69. The molecule has 0 bridgehead atoms. The molecule has 0 atom stereocenters. The number of carboxylic acid groups (broad SMARTS) is 1. The predicted octanol–water partition coefficient (Wildman–Crippen LogP) is 1.77. The van der Waals surface area contributed by atoms with E-state index in [1.165, 1.54) is 0 Å². The second-order valence-corrected chi connectivity index (χ2v) is 3.57. The van der Waals surface area contributed by atoms with Gasteiger partial charge < -0.3 is 14.9 Å². The van der Waals surface area contributed by atoms with Crippen molar-refractivity contribution in [3.63, 3.8) is 0 Å². The molecule has 19 heavy (non-hydrogen) atoms. The van der Waals surface area contributed by atoms with Crippen LogP contribution in [0.3, 0.4) is 0 Å². The Bertz CT molecular complexity index is 654. The molecule has 2 aromatic rings. The maximum Gasteiger partial charge on any atom is 0.353 e. The standard InChI is InChI=1S/C11H8F2N2O4/c1-19-10-5(13)2-4(12)9(16)8(10)6-3-7(11(17)18)15-14-6/h2-3,16H,1H3,(H,14,15)(H,17,18). The number of nitrogens with zero attached hydrogens (tertiary/aromatic N) is 1. The number of aromatic carboxylic acids is 1. The lowest BCUT2D eigenvalue weighted by atomic mass is 10.1. The summed E-state index contributed by atoms with van der Waals surface area (Å²) in [5.41, 5.74) is -0.796. The van der Waals surface area contributed by atoms with Gasteiger partial charge >= 0.3 is 5.97 Å². The van der Waals surface area contributed by atoms with Crippen molar-refractivity contribution < 1.29 is 28.5 Å². The van der Waals surface area contributed by atoms with Crippen LogP contribution in [0.5, 0.6) is 11.5 Å². The van der Waals surface area contributed by atoms with Crippen LogP contribution in [0.25, 0.3) is 11.3 Å². The third-order valence-electron chi connectivity index (χ3n) is 2.43. The lowest BCUT2D eigenvalue weighted by Crippen LogP contribution is -1.96. The minimum Gasteiger partial charge on any atom is -0.504 e. The zero-order valence-corrected chi connectivity index (χ0v) is 9.57. The molecule has 100 valence electrons. The highest BCUT2D eigenvalue weighted by Gasteiger charge is 2.23. The summed E-state index contributed by atoms with van der Waals surface area (Å²) in [4.78, 5) is 10.7. The third-order valence-corrected chi connectivity index (χ3v) is 2.43. The Morgan fingerprint density at radius 1 is 1.37 bits per heavy atom. The lowest BCUT2D eigenvalue weighted by molar-refractivity contribution is 0.0690. The molecule has 0 aliphatic rings. The largest absolute Gasteiger partial charge is 0.504 e. The third kappa shape index (κ3) is 2.07. The number of benzene rings is 1. The number of methoxy groups -OCH3 is 1. The van der Waals surface area contributed by atoms with E-state index >= 15 is 0 Å². The van der Waals surface area contributed by atoms with Crippen molar-refractivity contribution in [1.82, 2.24) is 10.2 Å². The van der Waals surface area contributed by atoms with Crippen molar-refractivity contribution in [3.05, 3.63) is 29.5 Å². The van der Waals surface area contributed by atoms with Gasteiger partial charge in [-0.25, -0.2) is 13.6 Å². The second kappa shape index (κ2) is 4.56. The van der Waals surface area contributed by atoms with Crippen molar-refractivity contribution in [3.8, 4) is 22.8 Å². The van der Waals surface area contributed by atoms with Crippen molar-refractivity contribution in [1.29, 1.82) is 0 Å². The van der Waals surface area contributed by atoms with Gasteiger partial charge in [0.15, 0.2) is 23.1 Å². The molecule has 0 aliphatic heterocycles. The van der Waals surface area contributed by atoms with Crippen LogP contribution < -0.4 is 4.74 Å². The van der Waals surface area contributed by atoms with Gasteiger partial charge in [-0.2, -0.15) is 5.10 Å². The topological polar surface area (TPSA) is 95.4 Å². The summed E-state index contributed by atoms with van der Waals surface area (Å²) >= 11 is 0. The number of aromatic amines is 1. The molecule has 0 amide bonds. The summed E-state index contributed by atoms with van der Waals surface area (Å²) in [6, 6.07) is 1.49. The molecule has 0 fully saturated rings. The van der Waals surface area contributed by atoms with E-state index in [0.717, 1.165) is 13.2 Å². The Morgan fingerprint density at radius 3 is 2.58 bits per heavy atom. The second-order valence-electron chi connectivity index (χ2n) is 3.57. The molecule has 2 rings (SSSR count). The number of phenolic OH excluding ortho intramolecular Hbond substituents is 1. The zero-order chi connectivity index (χ0) is 14.2. The Labute approximate surface area is 105 Å². The molecule has 0 unspecified atom stereocenters. The van der Waals surface area contributed by atoms with Gasteiger partial charge in [0.05, 0.1) is 12.7 Å². The quantitative estimate of drug-likeness (QED) is 0.790. The van der Waals surface area contributed by atoms with Gasteiger partial charge in [0.25, 0.3) is 0 Å². The summed E-state index contributed by atoms with van der Waals surface area (Å²) in [7, 11) is 1.13. The number of phenols is 1. The van der Waals surface area contributed by atoms with Crippen molar-refractivity contribution in [2.75, 3.05) is 7.11 Å². The minimum atomic E-state index is -1.30. The van der Waals surface area contributed by atoms with Gasteiger partial charge in [0, 0.05) is 6.07 Å². The van der Waals surface area contributed by atoms with Crippen LogP contribution in [0, 0.1) is 11.6 Å². The summed E-state index contributed by atoms with van der Waals surface area (Å²) in [6.45, 7) is 0. The maximum absolute atomic E-state index is 13.5. The van der Waals surface area contributed by atoms with Gasteiger partial charge in [-0.3, -0.25) is 5.10 Å². The molecular formula is C11H8F2N2O4. The smallest absolute Gasteiger partial charge is 0.353 e. The molecule has 8 heteroatoms. The number of rotatable bonds is 3. The lowest BCUT2D eigenvalue weighted by Gasteiger charge is -2.10. The predicted molar refractivity (Wildman–Crippen MR) is 59.1 cm³/mol. The van der Waals surface area contributed by atoms with E-state index in [0.29, 0.717) is 6.07 Å². The normalized spacial score (nSPS) is 10.5. The molecule has 0 spiro atoms. The van der Waals surface area contributed by atoms with Crippen LogP contribution in [0.1, 0.15) is 10.5 Å². The average molecular weight is 270 g/mol. The molecule has 1 heterocycles. The monoisotopic (exact) mass is 270 g/mol. The maximum atomic E-state index is 13.5. The Morgan fingerprint density at radius 2 is 2.05 bits per heavy atom. The van der Waals surface area contributed by atoms with Gasteiger partial charge in [-0.05, 0) is 6.07 Å². The number of aromatic nitrogens is 2. The van der Waals surface area contributed by atoms with Gasteiger partial charge in [-0.15, -0.1) is 0 Å². The molecule has 0 saturated heterocycles. The number of H-pyrrole nitrogens is 1. The number of halogens is 2. The summed E-state index contributed by atoms with van der Waals surface area (Å²) in [5.74, 6) is -4.83.